The highest BCUT2D eigenvalue weighted by molar-refractivity contribution is 6.34. The summed E-state index contributed by atoms with van der Waals surface area (Å²) in [6, 6.07) is 0. The summed E-state index contributed by atoms with van der Waals surface area (Å²) < 4.78 is 5.73. The van der Waals surface area contributed by atoms with Crippen LogP contribution >= 0.6 is 0 Å². The van der Waals surface area contributed by atoms with Gasteiger partial charge in [-0.15, -0.1) is 0 Å². The van der Waals surface area contributed by atoms with Crippen LogP contribution in [0.5, 0.6) is 0 Å². The van der Waals surface area contributed by atoms with Crippen molar-refractivity contribution in [1.29, 1.82) is 0 Å². The highest BCUT2D eigenvalue weighted by atomic mass is 16.5. The molecule has 0 saturated heterocycles. The van der Waals surface area contributed by atoms with Crippen LogP contribution in [0.3, 0.4) is 0 Å². The summed E-state index contributed by atoms with van der Waals surface area (Å²) in [6.45, 7) is 12.8. The highest BCUT2D eigenvalue weighted by Crippen LogP contribution is 2.23. The molecule has 0 aliphatic heterocycles. The van der Waals surface area contributed by atoms with Crippen LogP contribution in [0.2, 0.25) is 6.32 Å². The molecular formula is C13H26BO2. The molecule has 0 heterocycles. The lowest BCUT2D eigenvalue weighted by atomic mass is 9.77. The lowest BCUT2D eigenvalue weighted by Gasteiger charge is -2.26. The van der Waals surface area contributed by atoms with E-state index in [2.05, 4.69) is 14.2 Å². The van der Waals surface area contributed by atoms with Gasteiger partial charge < -0.3 is 4.74 Å². The third-order valence-corrected chi connectivity index (χ3v) is 2.67. The van der Waals surface area contributed by atoms with Gasteiger partial charge in [0, 0.05) is 18.3 Å². The maximum Gasteiger partial charge on any atom is 0.144 e. The van der Waals surface area contributed by atoms with Gasteiger partial charge in [0.15, 0.2) is 0 Å². The molecule has 1 radical (unpaired) electrons. The van der Waals surface area contributed by atoms with Crippen molar-refractivity contribution in [3.63, 3.8) is 0 Å². The minimum atomic E-state index is -0.231. The largest absolute Gasteiger partial charge is 0.384 e. The van der Waals surface area contributed by atoms with E-state index in [4.69, 9.17) is 4.74 Å². The Morgan fingerprint density at radius 2 is 1.75 bits per heavy atom. The highest BCUT2D eigenvalue weighted by Gasteiger charge is 2.25. The summed E-state index contributed by atoms with van der Waals surface area (Å²) in [7, 11) is 2.10. The van der Waals surface area contributed by atoms with Gasteiger partial charge in [0.05, 0.1) is 5.60 Å². The molecule has 0 N–H and O–H groups in total. The Labute approximate surface area is 101 Å². The number of rotatable bonds is 7. The zero-order valence-corrected chi connectivity index (χ0v) is 11.7. The molecule has 0 spiro atoms. The normalized spacial score (nSPS) is 12.6. The van der Waals surface area contributed by atoms with Crippen molar-refractivity contribution < 1.29 is 9.53 Å². The van der Waals surface area contributed by atoms with Crippen LogP contribution in [0.1, 0.15) is 54.4 Å². The number of Topliss-reactive ketones (excluding diaryl/α,β-unsaturated/α-hetero) is 1. The number of carbonyl (C=O) groups excluding carboxylic acids is 1. The van der Waals surface area contributed by atoms with Gasteiger partial charge in [-0.3, -0.25) is 4.79 Å². The Balaban J connectivity index is 3.94. The van der Waals surface area contributed by atoms with Crippen LogP contribution in [0.15, 0.2) is 0 Å². The first-order valence-electron chi connectivity index (χ1n) is 6.18. The molecule has 2 nitrogen and oxygen atoms in total. The van der Waals surface area contributed by atoms with Gasteiger partial charge in [-0.1, -0.05) is 34.0 Å². The topological polar surface area (TPSA) is 26.3 Å². The van der Waals surface area contributed by atoms with Crippen molar-refractivity contribution in [2.24, 2.45) is 5.41 Å². The molecule has 0 bridgehead atoms. The molecule has 0 aromatic heterocycles. The molecule has 0 atom stereocenters. The Bertz CT molecular complexity index is 216. The molecule has 0 saturated carbocycles. The molecule has 0 aromatic rings. The fraction of sp³-hybridized carbons (Fsp3) is 0.923. The number of carbonyl (C=O) groups is 1. The summed E-state index contributed by atoms with van der Waals surface area (Å²) >= 11 is 0. The average Bonchev–Trinajstić information content (AvgIpc) is 2.13. The first-order chi connectivity index (χ1) is 7.19. The zero-order valence-electron chi connectivity index (χ0n) is 11.7. The van der Waals surface area contributed by atoms with Gasteiger partial charge in [-0.2, -0.15) is 0 Å². The van der Waals surface area contributed by atoms with Crippen molar-refractivity contribution in [3.8, 4) is 0 Å². The maximum absolute atomic E-state index is 11.8. The van der Waals surface area contributed by atoms with E-state index in [9.17, 15) is 4.79 Å². The molecule has 0 aliphatic rings. The van der Waals surface area contributed by atoms with Crippen LogP contribution < -0.4 is 0 Å². The molecule has 0 fully saturated rings. The second-order valence-electron chi connectivity index (χ2n) is 5.94. The standard InChI is InChI=1S/C13H26BO2/c1-7-14-10-16-13(5,6)9-8-11(15)12(2,3)4/h7-10H2,1-6H3. The van der Waals surface area contributed by atoms with Crippen LogP contribution in [-0.4, -0.2) is 25.2 Å². The van der Waals surface area contributed by atoms with E-state index < -0.39 is 0 Å². The Morgan fingerprint density at radius 3 is 2.19 bits per heavy atom. The fourth-order valence-electron chi connectivity index (χ4n) is 1.26. The minimum absolute atomic E-state index is 0.202. The minimum Gasteiger partial charge on any atom is -0.384 e. The fourth-order valence-corrected chi connectivity index (χ4v) is 1.26. The van der Waals surface area contributed by atoms with Gasteiger partial charge in [-0.25, -0.2) is 0 Å². The van der Waals surface area contributed by atoms with Crippen molar-refractivity contribution in [3.05, 3.63) is 0 Å². The number of ketones is 1. The van der Waals surface area contributed by atoms with Gasteiger partial charge >= 0.3 is 0 Å². The summed E-state index contributed by atoms with van der Waals surface area (Å²) in [5.41, 5.74) is -0.432. The van der Waals surface area contributed by atoms with Crippen LogP contribution in [-0.2, 0) is 9.53 Å². The van der Waals surface area contributed by atoms with Crippen molar-refractivity contribution >= 4 is 13.1 Å². The molecule has 0 aromatic carbocycles. The lowest BCUT2D eigenvalue weighted by molar-refractivity contribution is -0.127. The second-order valence-corrected chi connectivity index (χ2v) is 5.94. The van der Waals surface area contributed by atoms with Gasteiger partial charge in [-0.05, 0) is 20.3 Å². The summed E-state index contributed by atoms with van der Waals surface area (Å²) in [5.74, 6) is 0.309. The summed E-state index contributed by atoms with van der Waals surface area (Å²) in [6.07, 6.45) is 2.42. The van der Waals surface area contributed by atoms with E-state index in [0.717, 1.165) is 12.7 Å². The summed E-state index contributed by atoms with van der Waals surface area (Å²) in [5, 5.41) is 0. The SMILES string of the molecule is CC[B]COC(C)(C)CCC(=O)C(C)(C)C. The van der Waals surface area contributed by atoms with Crippen molar-refractivity contribution in [1.82, 2.24) is 0 Å². The molecule has 0 aliphatic carbocycles. The van der Waals surface area contributed by atoms with Crippen LogP contribution in [0.25, 0.3) is 0 Å². The predicted molar refractivity (Wildman–Crippen MR) is 70.0 cm³/mol. The van der Waals surface area contributed by atoms with E-state index in [1.807, 2.05) is 34.6 Å². The molecule has 3 heteroatoms. The van der Waals surface area contributed by atoms with E-state index in [1.165, 1.54) is 0 Å². The number of hydrogen-bond donors (Lipinski definition) is 0. The van der Waals surface area contributed by atoms with E-state index in [-0.39, 0.29) is 11.0 Å². The molecule has 0 amide bonds. The smallest absolute Gasteiger partial charge is 0.144 e. The van der Waals surface area contributed by atoms with Crippen LogP contribution in [0.4, 0.5) is 0 Å². The first-order valence-corrected chi connectivity index (χ1v) is 6.18. The van der Waals surface area contributed by atoms with E-state index in [1.54, 1.807) is 0 Å². The number of hydrogen-bond acceptors (Lipinski definition) is 2. The lowest BCUT2D eigenvalue weighted by Crippen LogP contribution is -2.29. The van der Waals surface area contributed by atoms with E-state index in [0.29, 0.717) is 18.7 Å². The van der Waals surface area contributed by atoms with Crippen molar-refractivity contribution in [2.75, 3.05) is 6.51 Å². The van der Waals surface area contributed by atoms with Gasteiger partial charge in [0.25, 0.3) is 0 Å². The molecule has 0 unspecified atom stereocenters. The second kappa shape index (κ2) is 6.44. The Hall–Kier alpha value is -0.305. The third-order valence-electron chi connectivity index (χ3n) is 2.67. The van der Waals surface area contributed by atoms with Crippen molar-refractivity contribution in [2.45, 2.75) is 66.3 Å². The van der Waals surface area contributed by atoms with Gasteiger partial charge in [0.1, 0.15) is 13.1 Å². The predicted octanol–water partition coefficient (Wildman–Crippen LogP) is 3.28. The first kappa shape index (κ1) is 15.7. The third kappa shape index (κ3) is 7.05. The van der Waals surface area contributed by atoms with Crippen LogP contribution in [0, 0.1) is 5.41 Å². The molecule has 93 valence electrons. The number of ether oxygens (including phenoxy) is 1. The zero-order chi connectivity index (χ0) is 12.8. The molecule has 16 heavy (non-hydrogen) atoms. The molecular weight excluding hydrogens is 199 g/mol. The van der Waals surface area contributed by atoms with Gasteiger partial charge in [0.2, 0.25) is 0 Å². The summed E-state index contributed by atoms with van der Waals surface area (Å²) in [4.78, 5) is 11.8. The molecule has 0 rings (SSSR count). The quantitative estimate of drug-likeness (QED) is 0.491. The monoisotopic (exact) mass is 225 g/mol. The average molecular weight is 225 g/mol. The Morgan fingerprint density at radius 1 is 1.19 bits per heavy atom. The van der Waals surface area contributed by atoms with E-state index >= 15 is 0 Å². The Kier molecular flexibility index (Phi) is 6.31. The maximum atomic E-state index is 11.8.